The lowest BCUT2D eigenvalue weighted by molar-refractivity contribution is 0.0997. The molecule has 176 valence electrons. The molecule has 6 heteroatoms. The maximum Gasteiger partial charge on any atom is 0.269 e. The van der Waals surface area contributed by atoms with Crippen molar-refractivity contribution in [3.05, 3.63) is 89.5 Å². The first-order chi connectivity index (χ1) is 17.1. The summed E-state index contributed by atoms with van der Waals surface area (Å²) in [7, 11) is 0. The van der Waals surface area contributed by atoms with Crippen molar-refractivity contribution in [1.29, 1.82) is 0 Å². The van der Waals surface area contributed by atoms with Gasteiger partial charge < -0.3 is 10.6 Å². The molecule has 1 aliphatic heterocycles. The Morgan fingerprint density at radius 2 is 1.77 bits per heavy atom. The molecule has 35 heavy (non-hydrogen) atoms. The first-order valence-electron chi connectivity index (χ1n) is 12.3. The molecule has 0 atom stereocenters. The molecule has 0 aliphatic carbocycles. The largest absolute Gasteiger partial charge is 0.364 e. The average Bonchev–Trinajstić information content (AvgIpc) is 3.32. The number of carbonyl (C=O) groups excluding carboxylic acids is 1. The zero-order valence-corrected chi connectivity index (χ0v) is 19.9. The Kier molecular flexibility index (Phi) is 5.46. The van der Waals surface area contributed by atoms with Crippen molar-refractivity contribution in [2.24, 2.45) is 5.73 Å². The van der Waals surface area contributed by atoms with E-state index in [4.69, 9.17) is 10.7 Å². The number of aromatic nitrogens is 3. The fourth-order valence-corrected chi connectivity index (χ4v) is 5.66. The van der Waals surface area contributed by atoms with Gasteiger partial charge in [-0.2, -0.15) is 0 Å². The summed E-state index contributed by atoms with van der Waals surface area (Å²) < 4.78 is 1.96. The predicted molar refractivity (Wildman–Crippen MR) is 140 cm³/mol. The molecular weight excluding hydrogens is 434 g/mol. The molecule has 2 aromatic carbocycles. The van der Waals surface area contributed by atoms with Crippen LogP contribution in [0.2, 0.25) is 0 Å². The summed E-state index contributed by atoms with van der Waals surface area (Å²) in [5.41, 5.74) is 12.5. The molecule has 3 aromatic heterocycles. The molecule has 1 aliphatic rings. The Morgan fingerprint density at radius 3 is 2.60 bits per heavy atom. The zero-order valence-electron chi connectivity index (χ0n) is 19.9. The second kappa shape index (κ2) is 8.78. The molecule has 4 heterocycles. The minimum absolute atomic E-state index is 0.317. The van der Waals surface area contributed by atoms with Gasteiger partial charge in [-0.3, -0.25) is 14.2 Å². The number of benzene rings is 2. The lowest BCUT2D eigenvalue weighted by Gasteiger charge is -2.32. The van der Waals surface area contributed by atoms with E-state index >= 15 is 0 Å². The van der Waals surface area contributed by atoms with Crippen LogP contribution in [0.1, 0.15) is 46.1 Å². The summed E-state index contributed by atoms with van der Waals surface area (Å²) in [6.07, 6.45) is 5.03. The molecule has 6 nitrogen and oxygen atoms in total. The van der Waals surface area contributed by atoms with Crippen molar-refractivity contribution in [2.45, 2.75) is 32.1 Å². The molecule has 2 N–H and O–H groups in total. The maximum atomic E-state index is 11.7. The number of rotatable bonds is 5. The minimum atomic E-state index is -0.499. The molecule has 0 saturated carbocycles. The van der Waals surface area contributed by atoms with Crippen molar-refractivity contribution in [2.75, 3.05) is 19.6 Å². The summed E-state index contributed by atoms with van der Waals surface area (Å²) in [6, 6.07) is 21.3. The highest BCUT2D eigenvalue weighted by Crippen LogP contribution is 2.33. The molecule has 0 bridgehead atoms. The van der Waals surface area contributed by atoms with Crippen LogP contribution < -0.4 is 5.73 Å². The Bertz CT molecular complexity index is 1560. The van der Waals surface area contributed by atoms with E-state index in [1.165, 1.54) is 34.7 Å². The van der Waals surface area contributed by atoms with Gasteiger partial charge in [0, 0.05) is 23.0 Å². The zero-order chi connectivity index (χ0) is 23.9. The molecule has 1 amide bonds. The van der Waals surface area contributed by atoms with Crippen LogP contribution in [0.15, 0.2) is 67.0 Å². The number of imidazole rings is 1. The van der Waals surface area contributed by atoms with Gasteiger partial charge in [-0.25, -0.2) is 4.98 Å². The SMILES string of the molecule is Cc1ccc2c(C3CCN(CCc4cccc5c4ccc4c(C(N)=O)ncn45)CC3)cccc2n1. The topological polar surface area (TPSA) is 76.5 Å². The van der Waals surface area contributed by atoms with E-state index in [0.29, 0.717) is 11.6 Å². The van der Waals surface area contributed by atoms with Gasteiger partial charge in [-0.1, -0.05) is 36.4 Å². The van der Waals surface area contributed by atoms with Crippen LogP contribution in [0, 0.1) is 6.92 Å². The summed E-state index contributed by atoms with van der Waals surface area (Å²) in [5.74, 6) is 0.0901. The molecule has 0 spiro atoms. The summed E-state index contributed by atoms with van der Waals surface area (Å²) in [5, 5.41) is 2.50. The monoisotopic (exact) mass is 463 g/mol. The van der Waals surface area contributed by atoms with E-state index in [9.17, 15) is 4.79 Å². The van der Waals surface area contributed by atoms with Gasteiger partial charge in [-0.15, -0.1) is 0 Å². The Labute approximate surface area is 204 Å². The molecule has 0 radical (unpaired) electrons. The minimum Gasteiger partial charge on any atom is -0.364 e. The third-order valence-corrected chi connectivity index (χ3v) is 7.51. The van der Waals surface area contributed by atoms with Gasteiger partial charge >= 0.3 is 0 Å². The van der Waals surface area contributed by atoms with Gasteiger partial charge in [0.1, 0.15) is 6.33 Å². The van der Waals surface area contributed by atoms with E-state index in [2.05, 4.69) is 71.4 Å². The van der Waals surface area contributed by atoms with Gasteiger partial charge in [0.15, 0.2) is 5.69 Å². The van der Waals surface area contributed by atoms with E-state index < -0.39 is 5.91 Å². The Morgan fingerprint density at radius 1 is 0.971 bits per heavy atom. The highest BCUT2D eigenvalue weighted by Gasteiger charge is 2.22. The molecular formula is C29H29N5O. The quantitative estimate of drug-likeness (QED) is 0.404. The van der Waals surface area contributed by atoms with Crippen molar-refractivity contribution in [1.82, 2.24) is 19.3 Å². The normalized spacial score (nSPS) is 15.3. The van der Waals surface area contributed by atoms with Gasteiger partial charge in [0.25, 0.3) is 5.91 Å². The molecule has 0 unspecified atom stereocenters. The fraction of sp³-hybridized carbons (Fsp3) is 0.276. The fourth-order valence-electron chi connectivity index (χ4n) is 5.66. The van der Waals surface area contributed by atoms with Crippen LogP contribution in [-0.2, 0) is 6.42 Å². The predicted octanol–water partition coefficient (Wildman–Crippen LogP) is 4.87. The second-order valence-corrected chi connectivity index (χ2v) is 9.63. The lowest BCUT2D eigenvalue weighted by Crippen LogP contribution is -2.34. The van der Waals surface area contributed by atoms with E-state index in [-0.39, 0.29) is 0 Å². The molecule has 1 fully saturated rings. The number of aryl methyl sites for hydroxylation is 1. The van der Waals surface area contributed by atoms with Crippen LogP contribution in [-0.4, -0.2) is 44.8 Å². The number of pyridine rings is 2. The summed E-state index contributed by atoms with van der Waals surface area (Å²) in [4.78, 5) is 23.2. The first-order valence-corrected chi connectivity index (χ1v) is 12.3. The number of fused-ring (bicyclic) bond motifs is 4. The van der Waals surface area contributed by atoms with E-state index in [1.54, 1.807) is 6.33 Å². The number of amides is 1. The smallest absolute Gasteiger partial charge is 0.269 e. The number of primary amides is 1. The van der Waals surface area contributed by atoms with Crippen LogP contribution in [0.25, 0.3) is 27.3 Å². The van der Waals surface area contributed by atoms with Crippen LogP contribution in [0.3, 0.4) is 0 Å². The maximum absolute atomic E-state index is 11.7. The standard InChI is InChI=1S/C29H29N5O/c1-19-8-9-24-22(5-3-6-25(24)32-19)21-13-16-33(17-14-21)15-12-20-4-2-7-26-23(20)10-11-27-28(29(30)35)31-18-34(26)27/h2-11,18,21H,12-17H2,1H3,(H2,30,35). The molecule has 6 rings (SSSR count). The summed E-state index contributed by atoms with van der Waals surface area (Å²) >= 11 is 0. The Hall–Kier alpha value is -3.77. The van der Waals surface area contributed by atoms with Crippen molar-refractivity contribution in [3.63, 3.8) is 0 Å². The van der Waals surface area contributed by atoms with Gasteiger partial charge in [0.05, 0.1) is 16.6 Å². The van der Waals surface area contributed by atoms with E-state index in [0.717, 1.165) is 48.3 Å². The molecule has 1 saturated heterocycles. The number of nitrogens with zero attached hydrogens (tertiary/aromatic N) is 4. The number of nitrogens with two attached hydrogens (primary N) is 1. The summed E-state index contributed by atoms with van der Waals surface area (Å²) in [6.45, 7) is 5.31. The lowest BCUT2D eigenvalue weighted by atomic mass is 9.87. The van der Waals surface area contributed by atoms with Gasteiger partial charge in [-0.05, 0) is 80.6 Å². The number of hydrogen-bond donors (Lipinski definition) is 1. The Balaban J connectivity index is 1.16. The number of piperidine rings is 1. The third kappa shape index (κ3) is 3.94. The van der Waals surface area contributed by atoms with Crippen molar-refractivity contribution < 1.29 is 4.79 Å². The van der Waals surface area contributed by atoms with Crippen LogP contribution in [0.5, 0.6) is 0 Å². The van der Waals surface area contributed by atoms with Crippen molar-refractivity contribution >= 4 is 33.2 Å². The van der Waals surface area contributed by atoms with Crippen LogP contribution in [0.4, 0.5) is 0 Å². The second-order valence-electron chi connectivity index (χ2n) is 9.63. The number of carbonyl (C=O) groups is 1. The van der Waals surface area contributed by atoms with Gasteiger partial charge in [0.2, 0.25) is 0 Å². The van der Waals surface area contributed by atoms with Crippen LogP contribution >= 0.6 is 0 Å². The highest BCUT2D eigenvalue weighted by molar-refractivity contribution is 5.99. The van der Waals surface area contributed by atoms with E-state index in [1.807, 2.05) is 10.5 Å². The first kappa shape index (κ1) is 21.7. The number of likely N-dealkylation sites (tertiary alicyclic amines) is 1. The van der Waals surface area contributed by atoms with Crippen molar-refractivity contribution in [3.8, 4) is 0 Å². The average molecular weight is 464 g/mol. The third-order valence-electron chi connectivity index (χ3n) is 7.51. The molecule has 5 aromatic rings. The number of hydrogen-bond acceptors (Lipinski definition) is 4. The highest BCUT2D eigenvalue weighted by atomic mass is 16.1.